The molecule has 7 nitrogen and oxygen atoms in total. The predicted octanol–water partition coefficient (Wildman–Crippen LogP) is 3.68. The van der Waals surface area contributed by atoms with E-state index >= 15 is 0 Å². The van der Waals surface area contributed by atoms with Crippen LogP contribution in [0, 0.1) is 11.3 Å². The van der Waals surface area contributed by atoms with E-state index in [2.05, 4.69) is 25.9 Å². The molecule has 7 heteroatoms. The van der Waals surface area contributed by atoms with Crippen molar-refractivity contribution in [3.05, 3.63) is 72.4 Å². The second kappa shape index (κ2) is 8.97. The lowest BCUT2D eigenvalue weighted by Crippen LogP contribution is -2.10. The highest BCUT2D eigenvalue weighted by molar-refractivity contribution is 5.91. The second-order valence-corrected chi connectivity index (χ2v) is 5.69. The van der Waals surface area contributed by atoms with Crippen molar-refractivity contribution in [2.75, 3.05) is 16.0 Å². The zero-order chi connectivity index (χ0) is 18.9. The van der Waals surface area contributed by atoms with Crippen molar-refractivity contribution in [3.63, 3.8) is 0 Å². The zero-order valence-electron chi connectivity index (χ0n) is 14.5. The van der Waals surface area contributed by atoms with Crippen LogP contribution in [0.4, 0.5) is 23.1 Å². The number of nitrogens with zero attached hydrogens (tertiary/aromatic N) is 3. The molecule has 0 saturated carbocycles. The van der Waals surface area contributed by atoms with Crippen molar-refractivity contribution in [2.45, 2.75) is 13.0 Å². The number of hydrogen-bond donors (Lipinski definition) is 3. The molecule has 0 aliphatic heterocycles. The summed E-state index contributed by atoms with van der Waals surface area (Å²) >= 11 is 0. The lowest BCUT2D eigenvalue weighted by Gasteiger charge is -2.09. The van der Waals surface area contributed by atoms with Crippen molar-refractivity contribution in [3.8, 4) is 6.07 Å². The summed E-state index contributed by atoms with van der Waals surface area (Å²) in [5, 5.41) is 17.6. The first-order valence-electron chi connectivity index (χ1n) is 8.38. The first kappa shape index (κ1) is 17.9. The van der Waals surface area contributed by atoms with E-state index in [9.17, 15) is 4.79 Å². The molecular formula is C20H18N6O. The van der Waals surface area contributed by atoms with Crippen molar-refractivity contribution < 1.29 is 4.79 Å². The van der Waals surface area contributed by atoms with E-state index in [0.717, 1.165) is 11.3 Å². The Bertz CT molecular complexity index is 935. The Morgan fingerprint density at radius 3 is 2.52 bits per heavy atom. The van der Waals surface area contributed by atoms with Crippen LogP contribution in [-0.2, 0) is 11.3 Å². The molecule has 1 aromatic heterocycles. The van der Waals surface area contributed by atoms with Crippen LogP contribution >= 0.6 is 0 Å². The Morgan fingerprint density at radius 2 is 1.78 bits per heavy atom. The molecule has 0 aliphatic carbocycles. The summed E-state index contributed by atoms with van der Waals surface area (Å²) in [6.07, 6.45) is 1.53. The van der Waals surface area contributed by atoms with Crippen molar-refractivity contribution in [1.29, 1.82) is 5.26 Å². The molecular weight excluding hydrogens is 340 g/mol. The molecule has 0 bridgehead atoms. The number of aromatic nitrogens is 2. The average Bonchev–Trinajstić information content (AvgIpc) is 2.69. The highest BCUT2D eigenvalue weighted by Crippen LogP contribution is 2.15. The van der Waals surface area contributed by atoms with E-state index in [1.807, 2.05) is 48.5 Å². The number of carbonyl (C=O) groups excluding carboxylic acids is 1. The van der Waals surface area contributed by atoms with Crippen LogP contribution in [0.25, 0.3) is 0 Å². The predicted molar refractivity (Wildman–Crippen MR) is 104 cm³/mol. The highest BCUT2D eigenvalue weighted by atomic mass is 16.1. The maximum absolute atomic E-state index is 11.4. The lowest BCUT2D eigenvalue weighted by atomic mass is 10.2. The maximum atomic E-state index is 11.4. The number of carbonyl (C=O) groups is 1. The van der Waals surface area contributed by atoms with Gasteiger partial charge in [0, 0.05) is 24.1 Å². The van der Waals surface area contributed by atoms with Gasteiger partial charge in [-0.2, -0.15) is 10.2 Å². The summed E-state index contributed by atoms with van der Waals surface area (Å²) in [5.41, 5.74) is 2.61. The van der Waals surface area contributed by atoms with Crippen molar-refractivity contribution in [1.82, 2.24) is 9.97 Å². The number of para-hydroxylation sites is 1. The maximum Gasteiger partial charge on any atom is 0.238 e. The Kier molecular flexibility index (Phi) is 5.94. The van der Waals surface area contributed by atoms with Crippen LogP contribution < -0.4 is 16.0 Å². The molecule has 0 unspecified atom stereocenters. The number of hydrogen-bond acceptors (Lipinski definition) is 6. The third kappa shape index (κ3) is 5.54. The Hall–Kier alpha value is -3.92. The molecule has 1 heterocycles. The molecule has 3 aromatic rings. The molecule has 1 amide bonds. The third-order valence-corrected chi connectivity index (χ3v) is 3.64. The summed E-state index contributed by atoms with van der Waals surface area (Å²) in [6.45, 7) is 0.578. The van der Waals surface area contributed by atoms with Gasteiger partial charge in [0.05, 0.1) is 6.07 Å². The summed E-state index contributed by atoms with van der Waals surface area (Å²) in [4.78, 5) is 20.1. The quantitative estimate of drug-likeness (QED) is 0.595. The molecule has 0 atom stereocenters. The minimum absolute atomic E-state index is 0.156. The summed E-state index contributed by atoms with van der Waals surface area (Å²) in [5.74, 6) is 0.902. The van der Waals surface area contributed by atoms with E-state index in [4.69, 9.17) is 5.26 Å². The normalized spacial score (nSPS) is 9.89. The molecule has 0 radical (unpaired) electrons. The van der Waals surface area contributed by atoms with E-state index in [-0.39, 0.29) is 12.3 Å². The van der Waals surface area contributed by atoms with E-state index in [1.54, 1.807) is 24.4 Å². The number of nitriles is 1. The Balaban J connectivity index is 1.56. The van der Waals surface area contributed by atoms with E-state index < -0.39 is 0 Å². The first-order chi connectivity index (χ1) is 13.2. The van der Waals surface area contributed by atoms with Gasteiger partial charge in [-0.05, 0) is 35.9 Å². The topological polar surface area (TPSA) is 103 Å². The van der Waals surface area contributed by atoms with Crippen LogP contribution in [0.15, 0.2) is 66.9 Å². The molecule has 134 valence electrons. The van der Waals surface area contributed by atoms with E-state index in [0.29, 0.717) is 24.0 Å². The van der Waals surface area contributed by atoms with Gasteiger partial charge in [-0.3, -0.25) is 4.79 Å². The van der Waals surface area contributed by atoms with Crippen LogP contribution in [0.5, 0.6) is 0 Å². The van der Waals surface area contributed by atoms with Crippen molar-refractivity contribution in [2.24, 2.45) is 0 Å². The molecule has 0 saturated heterocycles. The highest BCUT2D eigenvalue weighted by Gasteiger charge is 2.03. The number of benzene rings is 2. The molecule has 0 fully saturated rings. The Labute approximate surface area is 157 Å². The Morgan fingerprint density at radius 1 is 1.00 bits per heavy atom. The van der Waals surface area contributed by atoms with Crippen molar-refractivity contribution >= 4 is 29.0 Å². The van der Waals surface area contributed by atoms with Crippen LogP contribution in [0.1, 0.15) is 12.0 Å². The van der Waals surface area contributed by atoms with Gasteiger partial charge in [0.2, 0.25) is 11.9 Å². The molecule has 2 aromatic carbocycles. The van der Waals surface area contributed by atoms with Crippen LogP contribution in [0.3, 0.4) is 0 Å². The van der Waals surface area contributed by atoms with Gasteiger partial charge in [0.25, 0.3) is 0 Å². The fourth-order valence-electron chi connectivity index (χ4n) is 2.34. The van der Waals surface area contributed by atoms with Crippen LogP contribution in [0.2, 0.25) is 0 Å². The lowest BCUT2D eigenvalue weighted by molar-refractivity contribution is -0.115. The monoisotopic (exact) mass is 358 g/mol. The van der Waals surface area contributed by atoms with Gasteiger partial charge >= 0.3 is 0 Å². The van der Waals surface area contributed by atoms with Crippen LogP contribution in [-0.4, -0.2) is 15.9 Å². The van der Waals surface area contributed by atoms with Gasteiger partial charge in [0.1, 0.15) is 12.2 Å². The molecule has 3 rings (SSSR count). The zero-order valence-corrected chi connectivity index (χ0v) is 14.5. The smallest absolute Gasteiger partial charge is 0.238 e. The summed E-state index contributed by atoms with van der Waals surface area (Å²) in [6, 6.07) is 20.7. The number of nitrogens with one attached hydrogen (secondary N) is 3. The molecule has 0 aliphatic rings. The minimum Gasteiger partial charge on any atom is -0.366 e. The van der Waals surface area contributed by atoms with Gasteiger partial charge in [-0.1, -0.05) is 30.3 Å². The fraction of sp³-hybridized carbons (Fsp3) is 0.100. The third-order valence-electron chi connectivity index (χ3n) is 3.64. The second-order valence-electron chi connectivity index (χ2n) is 5.69. The van der Waals surface area contributed by atoms with Gasteiger partial charge < -0.3 is 16.0 Å². The number of anilines is 4. The standard InChI is InChI=1S/C20H18N6O/c21-12-10-19(27)24-17-8-6-15(7-9-17)14-23-18-11-13-22-20(26-18)25-16-4-2-1-3-5-16/h1-9,11,13H,10,14H2,(H,24,27)(H2,22,23,25,26). The van der Waals surface area contributed by atoms with Gasteiger partial charge in [-0.15, -0.1) is 0 Å². The minimum atomic E-state index is -0.317. The number of rotatable bonds is 7. The fourth-order valence-corrected chi connectivity index (χ4v) is 2.34. The van der Waals surface area contributed by atoms with Gasteiger partial charge in [-0.25, -0.2) is 4.98 Å². The molecule has 0 spiro atoms. The average molecular weight is 358 g/mol. The molecule has 27 heavy (non-hydrogen) atoms. The summed E-state index contributed by atoms with van der Waals surface area (Å²) < 4.78 is 0. The number of amides is 1. The van der Waals surface area contributed by atoms with Gasteiger partial charge in [0.15, 0.2) is 0 Å². The SMILES string of the molecule is N#CCC(=O)Nc1ccc(CNc2ccnc(Nc3ccccc3)n2)cc1. The molecule has 3 N–H and O–H groups in total. The van der Waals surface area contributed by atoms with E-state index in [1.165, 1.54) is 0 Å². The largest absolute Gasteiger partial charge is 0.366 e. The summed E-state index contributed by atoms with van der Waals surface area (Å²) in [7, 11) is 0. The first-order valence-corrected chi connectivity index (χ1v) is 8.38.